The molecule has 0 amide bonds. The van der Waals surface area contributed by atoms with E-state index in [2.05, 4.69) is 25.0 Å². The second-order valence-electron chi connectivity index (χ2n) is 6.19. The largest absolute Gasteiger partial charge is 0.468 e. The molecule has 12 heteroatoms. The lowest BCUT2D eigenvalue weighted by atomic mass is 10.1. The van der Waals surface area contributed by atoms with Crippen LogP contribution >= 0.6 is 11.8 Å². The number of nitrogens with one attached hydrogen (secondary N) is 1. The molecule has 11 nitrogen and oxygen atoms in total. The van der Waals surface area contributed by atoms with Crippen molar-refractivity contribution < 1.29 is 29.6 Å². The normalized spacial score (nSPS) is 24.6. The summed E-state index contributed by atoms with van der Waals surface area (Å²) in [6.45, 7) is 1.51. The third-order valence-corrected chi connectivity index (χ3v) is 5.31. The van der Waals surface area contributed by atoms with E-state index < -0.39 is 37.1 Å². The van der Waals surface area contributed by atoms with Crippen LogP contribution in [0.25, 0.3) is 11.2 Å². The molecule has 0 aromatic carbocycles. The third-order valence-electron chi connectivity index (χ3n) is 4.26. The van der Waals surface area contributed by atoms with Crippen molar-refractivity contribution >= 4 is 34.7 Å². The number of aromatic nitrogens is 4. The Balaban J connectivity index is 1.99. The molecular formula is C16H23N5O6S. The zero-order chi connectivity index (χ0) is 20.3. The smallest absolute Gasteiger partial charge is 0.325 e. The van der Waals surface area contributed by atoms with Gasteiger partial charge in [0, 0.05) is 5.75 Å². The molecule has 1 saturated heterocycles. The van der Waals surface area contributed by atoms with Gasteiger partial charge in [0.2, 0.25) is 0 Å². The Bertz CT molecular complexity index is 833. The van der Waals surface area contributed by atoms with Gasteiger partial charge in [0.15, 0.2) is 28.4 Å². The topological polar surface area (TPSA) is 152 Å². The Labute approximate surface area is 165 Å². The Kier molecular flexibility index (Phi) is 6.67. The molecule has 154 valence electrons. The Hall–Kier alpha value is -1.99. The number of carbonyl (C=O) groups excluding carboxylic acids is 1. The standard InChI is InChI=1S/C16H23N5O6S/c1-3-4-28-16-19-13(17-5-9(23)26-2)10-14(20-16)21(7-18-10)15-12(25)11(24)8(6-22)27-15/h7-8,11-12,15,22,24-25H,3-6H2,1-2H3,(H,17,19,20)/t8-,11-,12-,15-/m1/s1. The molecule has 0 spiro atoms. The molecule has 2 aromatic heterocycles. The van der Waals surface area contributed by atoms with E-state index in [0.29, 0.717) is 22.1 Å². The maximum absolute atomic E-state index is 11.5. The van der Waals surface area contributed by atoms with Crippen LogP contribution in [0.5, 0.6) is 0 Å². The van der Waals surface area contributed by atoms with Gasteiger partial charge in [-0.25, -0.2) is 15.0 Å². The number of anilines is 1. The molecule has 4 N–H and O–H groups in total. The van der Waals surface area contributed by atoms with Crippen LogP contribution in [0.1, 0.15) is 19.6 Å². The molecule has 0 unspecified atom stereocenters. The van der Waals surface area contributed by atoms with Gasteiger partial charge >= 0.3 is 5.97 Å². The van der Waals surface area contributed by atoms with Gasteiger partial charge in [0.25, 0.3) is 0 Å². The summed E-state index contributed by atoms with van der Waals surface area (Å²) in [5, 5.41) is 33.0. The molecule has 0 saturated carbocycles. The summed E-state index contributed by atoms with van der Waals surface area (Å²) in [5.41, 5.74) is 0.748. The molecule has 1 aliphatic rings. The first-order valence-electron chi connectivity index (χ1n) is 8.80. The fourth-order valence-corrected chi connectivity index (χ4v) is 3.50. The van der Waals surface area contributed by atoms with Crippen LogP contribution in [0.3, 0.4) is 0 Å². The predicted molar refractivity (Wildman–Crippen MR) is 99.9 cm³/mol. The second kappa shape index (κ2) is 9.01. The summed E-state index contributed by atoms with van der Waals surface area (Å²) in [4.78, 5) is 24.7. The van der Waals surface area contributed by atoms with Crippen molar-refractivity contribution in [3.8, 4) is 0 Å². The lowest BCUT2D eigenvalue weighted by Crippen LogP contribution is -2.33. The van der Waals surface area contributed by atoms with E-state index >= 15 is 0 Å². The number of carbonyl (C=O) groups is 1. The zero-order valence-electron chi connectivity index (χ0n) is 15.5. The van der Waals surface area contributed by atoms with Crippen LogP contribution in [0.15, 0.2) is 11.5 Å². The van der Waals surface area contributed by atoms with Gasteiger partial charge in [0.1, 0.15) is 24.9 Å². The van der Waals surface area contributed by atoms with E-state index in [4.69, 9.17) is 4.74 Å². The van der Waals surface area contributed by atoms with Gasteiger partial charge in [-0.1, -0.05) is 18.7 Å². The number of nitrogens with zero attached hydrogens (tertiary/aromatic N) is 4. The highest BCUT2D eigenvalue weighted by molar-refractivity contribution is 7.99. The molecule has 0 aliphatic carbocycles. The van der Waals surface area contributed by atoms with Crippen molar-refractivity contribution in [3.63, 3.8) is 0 Å². The van der Waals surface area contributed by atoms with Gasteiger partial charge in [0.05, 0.1) is 20.0 Å². The lowest BCUT2D eigenvalue weighted by Gasteiger charge is -2.17. The van der Waals surface area contributed by atoms with E-state index in [1.807, 2.05) is 6.92 Å². The van der Waals surface area contributed by atoms with E-state index in [0.717, 1.165) is 12.2 Å². The minimum absolute atomic E-state index is 0.0960. The van der Waals surface area contributed by atoms with Crippen LogP contribution in [0.2, 0.25) is 0 Å². The lowest BCUT2D eigenvalue weighted by molar-refractivity contribution is -0.138. The molecule has 4 atom stereocenters. The average Bonchev–Trinajstić information content (AvgIpc) is 3.25. The third kappa shape index (κ3) is 4.05. The number of hydrogen-bond acceptors (Lipinski definition) is 11. The Morgan fingerprint density at radius 1 is 1.39 bits per heavy atom. The number of imidazole rings is 1. The number of thioether (sulfide) groups is 1. The summed E-state index contributed by atoms with van der Waals surface area (Å²) in [7, 11) is 1.29. The molecule has 0 bridgehead atoms. The number of aliphatic hydroxyl groups excluding tert-OH is 3. The number of esters is 1. The van der Waals surface area contributed by atoms with E-state index in [9.17, 15) is 20.1 Å². The first kappa shape index (κ1) is 20.7. The summed E-state index contributed by atoms with van der Waals surface area (Å²) in [6.07, 6.45) is -2.04. The van der Waals surface area contributed by atoms with Gasteiger partial charge in [-0.2, -0.15) is 0 Å². The number of hydrogen-bond donors (Lipinski definition) is 4. The minimum atomic E-state index is -1.26. The molecular weight excluding hydrogens is 390 g/mol. The van der Waals surface area contributed by atoms with Gasteiger partial charge < -0.3 is 30.1 Å². The van der Waals surface area contributed by atoms with Crippen LogP contribution in [0.4, 0.5) is 5.82 Å². The zero-order valence-corrected chi connectivity index (χ0v) is 16.3. The van der Waals surface area contributed by atoms with Crippen molar-refractivity contribution in [1.29, 1.82) is 0 Å². The molecule has 3 rings (SSSR count). The highest BCUT2D eigenvalue weighted by Gasteiger charge is 2.44. The van der Waals surface area contributed by atoms with Crippen molar-refractivity contribution in [1.82, 2.24) is 19.5 Å². The number of rotatable bonds is 8. The highest BCUT2D eigenvalue weighted by Crippen LogP contribution is 2.33. The Morgan fingerprint density at radius 2 is 2.18 bits per heavy atom. The first-order valence-corrected chi connectivity index (χ1v) is 9.79. The van der Waals surface area contributed by atoms with Gasteiger partial charge in [-0.3, -0.25) is 9.36 Å². The average molecular weight is 413 g/mol. The van der Waals surface area contributed by atoms with E-state index in [-0.39, 0.29) is 6.54 Å². The van der Waals surface area contributed by atoms with E-state index in [1.165, 1.54) is 29.8 Å². The van der Waals surface area contributed by atoms with Crippen LogP contribution < -0.4 is 5.32 Å². The fourth-order valence-electron chi connectivity index (χ4n) is 2.80. The monoisotopic (exact) mass is 413 g/mol. The predicted octanol–water partition coefficient (Wildman–Crippen LogP) is -0.475. The van der Waals surface area contributed by atoms with Gasteiger partial charge in [-0.05, 0) is 6.42 Å². The molecule has 3 heterocycles. The molecule has 1 aliphatic heterocycles. The quantitative estimate of drug-likeness (QED) is 0.252. The summed E-state index contributed by atoms with van der Waals surface area (Å²) >= 11 is 1.44. The fraction of sp³-hybridized carbons (Fsp3) is 0.625. The number of methoxy groups -OCH3 is 1. The van der Waals surface area contributed by atoms with Crippen LogP contribution in [-0.4, -0.2) is 85.1 Å². The Morgan fingerprint density at radius 3 is 2.82 bits per heavy atom. The SMILES string of the molecule is CCCSc1nc(NCC(=O)OC)c2ncn([C@@H]3O[C@H](CO)[C@@H](O)[C@H]3O)c2n1. The minimum Gasteiger partial charge on any atom is -0.468 e. The van der Waals surface area contributed by atoms with Crippen LogP contribution in [-0.2, 0) is 14.3 Å². The van der Waals surface area contributed by atoms with Crippen molar-refractivity contribution in [2.45, 2.75) is 43.0 Å². The number of aliphatic hydroxyl groups is 3. The highest BCUT2D eigenvalue weighted by atomic mass is 32.2. The van der Waals surface area contributed by atoms with Crippen molar-refractivity contribution in [2.75, 3.05) is 31.3 Å². The molecule has 0 radical (unpaired) electrons. The molecule has 28 heavy (non-hydrogen) atoms. The van der Waals surface area contributed by atoms with Crippen molar-refractivity contribution in [3.05, 3.63) is 6.33 Å². The van der Waals surface area contributed by atoms with Gasteiger partial charge in [-0.15, -0.1) is 0 Å². The maximum atomic E-state index is 11.5. The summed E-state index contributed by atoms with van der Waals surface area (Å²) < 4.78 is 11.7. The molecule has 2 aromatic rings. The van der Waals surface area contributed by atoms with Crippen LogP contribution in [0, 0.1) is 0 Å². The first-order chi connectivity index (χ1) is 13.5. The second-order valence-corrected chi connectivity index (χ2v) is 7.25. The number of ether oxygens (including phenoxy) is 2. The van der Waals surface area contributed by atoms with Crippen molar-refractivity contribution in [2.24, 2.45) is 0 Å². The summed E-state index contributed by atoms with van der Waals surface area (Å²) in [5.74, 6) is 0.682. The summed E-state index contributed by atoms with van der Waals surface area (Å²) in [6, 6.07) is 0. The maximum Gasteiger partial charge on any atom is 0.325 e. The number of fused-ring (bicyclic) bond motifs is 1. The van der Waals surface area contributed by atoms with E-state index in [1.54, 1.807) is 0 Å². The molecule has 1 fully saturated rings.